The van der Waals surface area contributed by atoms with Crippen LogP contribution in [-0.2, 0) is 11.2 Å². The van der Waals surface area contributed by atoms with Gasteiger partial charge in [-0.1, -0.05) is 6.92 Å². The molecule has 9 nitrogen and oxygen atoms in total. The Balaban J connectivity index is 1.22. The third-order valence-electron chi connectivity index (χ3n) is 7.74. The second-order valence-corrected chi connectivity index (χ2v) is 11.2. The highest BCUT2D eigenvalue weighted by molar-refractivity contribution is 7.14. The number of piperazine rings is 1. The molecule has 0 bridgehead atoms. The number of carbonyl (C=O) groups excluding carboxylic acids is 1. The summed E-state index contributed by atoms with van der Waals surface area (Å²) in [6, 6.07) is 10.3. The maximum atomic E-state index is 13.7. The number of fused-ring (bicyclic) bond motifs is 1. The molecule has 0 radical (unpaired) electrons. The molecular weight excluding hydrogens is 546 g/mol. The number of anilines is 3. The van der Waals surface area contributed by atoms with E-state index in [4.69, 9.17) is 9.97 Å². The fourth-order valence-electron chi connectivity index (χ4n) is 5.40. The molecule has 212 valence electrons. The number of nitrogens with zero attached hydrogens (tertiary/aromatic N) is 8. The first-order valence-corrected chi connectivity index (χ1v) is 14.5. The Labute approximate surface area is 240 Å². The Morgan fingerprint density at radius 2 is 1.95 bits per heavy atom. The number of imidazole rings is 1. The molecule has 12 heteroatoms. The second kappa shape index (κ2) is 11.1. The van der Waals surface area contributed by atoms with Gasteiger partial charge in [-0.15, -0.1) is 11.3 Å². The third-order valence-corrected chi connectivity index (χ3v) is 8.66. The van der Waals surface area contributed by atoms with Gasteiger partial charge in [0.05, 0.1) is 48.3 Å². The summed E-state index contributed by atoms with van der Waals surface area (Å²) in [6.07, 6.45) is 1.95. The summed E-state index contributed by atoms with van der Waals surface area (Å²) in [5.74, 6) is 0.459. The van der Waals surface area contributed by atoms with Crippen molar-refractivity contribution in [1.29, 1.82) is 5.26 Å². The normalized spacial score (nSPS) is 16.2. The summed E-state index contributed by atoms with van der Waals surface area (Å²) in [5.41, 5.74) is 4.29. The van der Waals surface area contributed by atoms with E-state index in [0.29, 0.717) is 17.8 Å². The van der Waals surface area contributed by atoms with E-state index in [9.17, 15) is 18.8 Å². The molecule has 2 fully saturated rings. The predicted molar refractivity (Wildman–Crippen MR) is 155 cm³/mol. The van der Waals surface area contributed by atoms with Crippen LogP contribution in [0.3, 0.4) is 0 Å². The lowest BCUT2D eigenvalue weighted by Crippen LogP contribution is -2.56. The van der Waals surface area contributed by atoms with E-state index in [1.54, 1.807) is 11.0 Å². The molecule has 0 unspecified atom stereocenters. The SMILES string of the molecule is CCc1nc2ccc(N3CCN(CC(=O)N4CC(F)C4)CC3)cn2c1N(C)c1nc(-c2ccc(F)cc2C#N)cs1. The fraction of sp³-hybridized carbons (Fsp3) is 0.379. The molecule has 0 spiro atoms. The second-order valence-electron chi connectivity index (χ2n) is 10.4. The van der Waals surface area contributed by atoms with Crippen LogP contribution in [0.4, 0.5) is 25.4 Å². The molecule has 0 saturated carbocycles. The van der Waals surface area contributed by atoms with Crippen molar-refractivity contribution in [2.75, 3.05) is 62.7 Å². The van der Waals surface area contributed by atoms with Crippen molar-refractivity contribution < 1.29 is 13.6 Å². The van der Waals surface area contributed by atoms with Crippen molar-refractivity contribution in [1.82, 2.24) is 24.2 Å². The average Bonchev–Trinajstić information content (AvgIpc) is 3.60. The van der Waals surface area contributed by atoms with Crippen molar-refractivity contribution in [3.63, 3.8) is 0 Å². The number of nitriles is 1. The van der Waals surface area contributed by atoms with Gasteiger partial charge < -0.3 is 14.7 Å². The van der Waals surface area contributed by atoms with Gasteiger partial charge in [-0.25, -0.2) is 18.7 Å². The zero-order valence-electron chi connectivity index (χ0n) is 22.9. The van der Waals surface area contributed by atoms with E-state index in [0.717, 1.165) is 60.6 Å². The number of amides is 1. The Morgan fingerprint density at radius 3 is 2.66 bits per heavy atom. The van der Waals surface area contributed by atoms with Crippen LogP contribution in [0.1, 0.15) is 18.2 Å². The van der Waals surface area contributed by atoms with Gasteiger partial charge in [0.1, 0.15) is 23.5 Å². The predicted octanol–water partition coefficient (Wildman–Crippen LogP) is 4.10. The topological polar surface area (TPSA) is 84.0 Å². The van der Waals surface area contributed by atoms with Crippen molar-refractivity contribution >= 4 is 39.5 Å². The number of aromatic nitrogens is 3. The molecule has 41 heavy (non-hydrogen) atoms. The highest BCUT2D eigenvalue weighted by Gasteiger charge is 2.31. The highest BCUT2D eigenvalue weighted by atomic mass is 32.1. The van der Waals surface area contributed by atoms with Gasteiger partial charge in [-0.2, -0.15) is 5.26 Å². The Bertz CT molecular complexity index is 1630. The highest BCUT2D eigenvalue weighted by Crippen LogP contribution is 2.35. The molecule has 6 rings (SSSR count). The van der Waals surface area contributed by atoms with Gasteiger partial charge >= 0.3 is 0 Å². The average molecular weight is 577 g/mol. The molecule has 0 N–H and O–H groups in total. The minimum absolute atomic E-state index is 0.000536. The summed E-state index contributed by atoms with van der Waals surface area (Å²) in [7, 11) is 1.95. The van der Waals surface area contributed by atoms with Gasteiger partial charge in [0.2, 0.25) is 5.91 Å². The summed E-state index contributed by atoms with van der Waals surface area (Å²) in [6.45, 7) is 5.90. The number of hydrogen-bond donors (Lipinski definition) is 0. The number of hydrogen-bond acceptors (Lipinski definition) is 8. The molecule has 4 aromatic rings. The zero-order valence-corrected chi connectivity index (χ0v) is 23.7. The van der Waals surface area contributed by atoms with Gasteiger partial charge in [-0.05, 0) is 36.8 Å². The van der Waals surface area contributed by atoms with Crippen LogP contribution >= 0.6 is 11.3 Å². The maximum absolute atomic E-state index is 13.7. The Hall–Kier alpha value is -4.08. The molecule has 0 atom stereocenters. The number of halogens is 2. The molecule has 3 aromatic heterocycles. The number of likely N-dealkylation sites (tertiary alicyclic amines) is 1. The first-order chi connectivity index (χ1) is 19.8. The fourth-order valence-corrected chi connectivity index (χ4v) is 6.19. The number of carbonyl (C=O) groups is 1. The lowest BCUT2D eigenvalue weighted by molar-refractivity contribution is -0.139. The lowest BCUT2D eigenvalue weighted by Gasteiger charge is -2.39. The van der Waals surface area contributed by atoms with E-state index in [1.165, 1.54) is 23.5 Å². The minimum atomic E-state index is -0.880. The standard InChI is InChI=1S/C29H30F2N8OS/c1-3-24-28(35(2)29-34-25(18-41-29)23-6-4-20(30)12-19(23)13-32)39-16-22(5-7-26(39)33-24)37-10-8-36(9-11-37)17-27(40)38-14-21(31)15-38/h4-7,12,16,18,21H,3,8-11,14-15,17H2,1-2H3. The van der Waals surface area contributed by atoms with Gasteiger partial charge in [0.25, 0.3) is 0 Å². The molecular formula is C29H30F2N8OS. The van der Waals surface area contributed by atoms with Crippen LogP contribution in [0.25, 0.3) is 16.9 Å². The number of alkyl halides is 1. The summed E-state index contributed by atoms with van der Waals surface area (Å²) in [5, 5.41) is 12.1. The smallest absolute Gasteiger partial charge is 0.236 e. The van der Waals surface area contributed by atoms with Crippen molar-refractivity contribution in [3.8, 4) is 17.3 Å². The zero-order chi connectivity index (χ0) is 28.7. The molecule has 2 saturated heterocycles. The van der Waals surface area contributed by atoms with Crippen molar-refractivity contribution in [2.45, 2.75) is 19.5 Å². The first kappa shape index (κ1) is 27.1. The quantitative estimate of drug-likeness (QED) is 0.328. The van der Waals surface area contributed by atoms with Crippen molar-refractivity contribution in [3.05, 3.63) is 59.0 Å². The molecule has 5 heterocycles. The van der Waals surface area contributed by atoms with E-state index < -0.39 is 12.0 Å². The minimum Gasteiger partial charge on any atom is -0.368 e. The van der Waals surface area contributed by atoms with E-state index in [1.807, 2.05) is 23.4 Å². The van der Waals surface area contributed by atoms with Gasteiger partial charge in [-0.3, -0.25) is 14.1 Å². The molecule has 0 aliphatic carbocycles. The maximum Gasteiger partial charge on any atom is 0.236 e. The van der Waals surface area contributed by atoms with Crippen LogP contribution in [0.2, 0.25) is 0 Å². The number of rotatable bonds is 7. The molecule has 1 aromatic carbocycles. The van der Waals surface area contributed by atoms with Crippen molar-refractivity contribution in [2.24, 2.45) is 0 Å². The first-order valence-electron chi connectivity index (χ1n) is 13.6. The van der Waals surface area contributed by atoms with E-state index in [-0.39, 0.29) is 24.6 Å². The van der Waals surface area contributed by atoms with Crippen LogP contribution < -0.4 is 9.80 Å². The molecule has 2 aliphatic rings. The van der Waals surface area contributed by atoms with E-state index in [2.05, 4.69) is 39.5 Å². The summed E-state index contributed by atoms with van der Waals surface area (Å²) < 4.78 is 28.9. The summed E-state index contributed by atoms with van der Waals surface area (Å²) >= 11 is 1.45. The number of pyridine rings is 1. The van der Waals surface area contributed by atoms with Crippen LogP contribution in [0, 0.1) is 17.1 Å². The van der Waals surface area contributed by atoms with Gasteiger partial charge in [0, 0.05) is 50.4 Å². The largest absolute Gasteiger partial charge is 0.368 e. The third kappa shape index (κ3) is 5.23. The summed E-state index contributed by atoms with van der Waals surface area (Å²) in [4.78, 5) is 30.0. The van der Waals surface area contributed by atoms with Crippen LogP contribution in [0.15, 0.2) is 41.9 Å². The lowest BCUT2D eigenvalue weighted by atomic mass is 10.1. The van der Waals surface area contributed by atoms with Crippen LogP contribution in [-0.4, -0.2) is 89.1 Å². The van der Waals surface area contributed by atoms with E-state index >= 15 is 0 Å². The molecule has 2 aliphatic heterocycles. The number of thiazole rings is 1. The monoisotopic (exact) mass is 576 g/mol. The number of aryl methyl sites for hydroxylation is 1. The van der Waals surface area contributed by atoms with Crippen LogP contribution in [0.5, 0.6) is 0 Å². The molecule has 1 amide bonds. The van der Waals surface area contributed by atoms with Gasteiger partial charge in [0.15, 0.2) is 5.13 Å². The Kier molecular flexibility index (Phi) is 7.32. The number of benzene rings is 1. The Morgan fingerprint density at radius 1 is 1.17 bits per heavy atom.